The molecule has 1 amide bonds. The monoisotopic (exact) mass is 515 g/mol. The van der Waals surface area contributed by atoms with Crippen LogP contribution in [0.3, 0.4) is 0 Å². The van der Waals surface area contributed by atoms with Gasteiger partial charge in [0.25, 0.3) is 5.91 Å². The summed E-state index contributed by atoms with van der Waals surface area (Å²) in [6, 6.07) is 3.40. The summed E-state index contributed by atoms with van der Waals surface area (Å²) in [5.74, 6) is -1.42. The Morgan fingerprint density at radius 1 is 0.917 bits per heavy atom. The summed E-state index contributed by atoms with van der Waals surface area (Å²) >= 11 is 0. The largest absolute Gasteiger partial charge is 0.416 e. The van der Waals surface area contributed by atoms with Crippen molar-refractivity contribution in [3.63, 3.8) is 0 Å². The van der Waals surface area contributed by atoms with Crippen LogP contribution in [0.4, 0.5) is 17.6 Å². The lowest BCUT2D eigenvalue weighted by Gasteiger charge is -2.37. The Morgan fingerprint density at radius 2 is 1.56 bits per heavy atom. The van der Waals surface area contributed by atoms with Crippen LogP contribution in [0.15, 0.2) is 18.2 Å². The van der Waals surface area contributed by atoms with Crippen LogP contribution in [0.5, 0.6) is 0 Å². The fraction of sp³-hybridized carbons (Fsp3) is 0.654. The standard InChI is InChI=1S/C24H33F4N3O.2CH2O/c25-20-13-18(12-19(14-20)24(26,27)28)23(32)29-15-17-7-10-30(11-8-17)16-22-6-3-9-31(22)21-4-1-2-5-21;2*1-2/h12-14,17,21-22H,1-11,15-16H2,(H,29,32);2*1H2/t22-;;/m0../s1. The highest BCUT2D eigenvalue weighted by atomic mass is 19.4. The quantitative estimate of drug-likeness (QED) is 0.572. The third kappa shape index (κ3) is 8.37. The topological polar surface area (TPSA) is 69.7 Å². The zero-order valence-electron chi connectivity index (χ0n) is 20.7. The third-order valence-corrected chi connectivity index (χ3v) is 7.43. The molecule has 3 aliphatic rings. The maximum Gasteiger partial charge on any atom is 0.416 e. The van der Waals surface area contributed by atoms with Crippen LogP contribution < -0.4 is 5.32 Å². The number of likely N-dealkylation sites (tertiary alicyclic amines) is 2. The number of rotatable bonds is 6. The Morgan fingerprint density at radius 3 is 2.17 bits per heavy atom. The maximum atomic E-state index is 13.6. The predicted molar refractivity (Wildman–Crippen MR) is 129 cm³/mol. The van der Waals surface area contributed by atoms with Crippen molar-refractivity contribution in [3.05, 3.63) is 35.1 Å². The normalized spacial score (nSPS) is 21.8. The van der Waals surface area contributed by atoms with Gasteiger partial charge in [-0.15, -0.1) is 0 Å². The lowest BCUT2D eigenvalue weighted by molar-refractivity contribution is -0.137. The summed E-state index contributed by atoms with van der Waals surface area (Å²) in [7, 11) is 0. The van der Waals surface area contributed by atoms with E-state index >= 15 is 0 Å². The molecule has 0 radical (unpaired) electrons. The molecule has 0 spiro atoms. The van der Waals surface area contributed by atoms with Gasteiger partial charge < -0.3 is 19.8 Å². The molecular formula is C26H37F4N3O3. The van der Waals surface area contributed by atoms with Crippen LogP contribution >= 0.6 is 0 Å². The zero-order valence-corrected chi connectivity index (χ0v) is 20.7. The van der Waals surface area contributed by atoms with E-state index in [1.165, 1.54) is 45.1 Å². The first-order chi connectivity index (χ1) is 17.3. The number of piperidine rings is 1. The fourth-order valence-corrected chi connectivity index (χ4v) is 5.67. The molecule has 2 aliphatic heterocycles. The first-order valence-corrected chi connectivity index (χ1v) is 12.5. The minimum absolute atomic E-state index is 0.289. The van der Waals surface area contributed by atoms with E-state index < -0.39 is 23.5 Å². The summed E-state index contributed by atoms with van der Waals surface area (Å²) in [5.41, 5.74) is -1.43. The van der Waals surface area contributed by atoms with Crippen molar-refractivity contribution in [2.24, 2.45) is 5.92 Å². The number of alkyl halides is 3. The Balaban J connectivity index is 0.00000109. The molecule has 36 heavy (non-hydrogen) atoms. The van der Waals surface area contributed by atoms with Gasteiger partial charge in [0, 0.05) is 30.7 Å². The van der Waals surface area contributed by atoms with Crippen molar-refractivity contribution in [2.75, 3.05) is 32.7 Å². The number of benzene rings is 1. The van der Waals surface area contributed by atoms with Gasteiger partial charge in [0.2, 0.25) is 0 Å². The molecule has 1 aromatic carbocycles. The van der Waals surface area contributed by atoms with E-state index in [1.807, 2.05) is 13.6 Å². The van der Waals surface area contributed by atoms with E-state index in [9.17, 15) is 22.4 Å². The lowest BCUT2D eigenvalue weighted by atomic mass is 9.96. The molecule has 2 saturated heterocycles. The number of halogens is 4. The Labute approximate surface area is 210 Å². The summed E-state index contributed by atoms with van der Waals surface area (Å²) in [6.45, 7) is 8.71. The van der Waals surface area contributed by atoms with Crippen LogP contribution in [0.1, 0.15) is 67.3 Å². The summed E-state index contributed by atoms with van der Waals surface area (Å²) in [5, 5.41) is 2.71. The molecule has 1 aromatic rings. The van der Waals surface area contributed by atoms with E-state index in [0.29, 0.717) is 30.6 Å². The van der Waals surface area contributed by atoms with E-state index in [2.05, 4.69) is 15.1 Å². The van der Waals surface area contributed by atoms with E-state index in [1.54, 1.807) is 0 Å². The van der Waals surface area contributed by atoms with Gasteiger partial charge in [-0.3, -0.25) is 9.69 Å². The number of amides is 1. The van der Waals surface area contributed by atoms with Crippen molar-refractivity contribution < 1.29 is 31.9 Å². The first kappa shape index (κ1) is 29.9. The van der Waals surface area contributed by atoms with E-state index in [4.69, 9.17) is 9.59 Å². The lowest BCUT2D eigenvalue weighted by Crippen LogP contribution is -2.47. The molecule has 1 aliphatic carbocycles. The minimum atomic E-state index is -4.68. The number of carbonyl (C=O) groups is 3. The third-order valence-electron chi connectivity index (χ3n) is 7.43. The SMILES string of the molecule is C=O.C=O.O=C(NCC1CCN(C[C@@H]2CCCN2C2CCCC2)CC1)c1cc(F)cc(C(F)(F)F)c1. The van der Waals surface area contributed by atoms with Crippen LogP contribution in [0, 0.1) is 11.7 Å². The second-order valence-electron chi connectivity index (χ2n) is 9.65. The number of nitrogens with zero attached hydrogens (tertiary/aromatic N) is 2. The molecule has 2 heterocycles. The molecule has 1 saturated carbocycles. The second kappa shape index (κ2) is 14.4. The van der Waals surface area contributed by atoms with Crippen molar-refractivity contribution >= 4 is 19.5 Å². The van der Waals surface area contributed by atoms with Gasteiger partial charge in [0.15, 0.2) is 0 Å². The van der Waals surface area contributed by atoms with Gasteiger partial charge in [0.1, 0.15) is 19.4 Å². The molecule has 0 aromatic heterocycles. The maximum absolute atomic E-state index is 13.6. The van der Waals surface area contributed by atoms with Crippen LogP contribution in [-0.2, 0) is 15.8 Å². The van der Waals surface area contributed by atoms with Gasteiger partial charge in [-0.05, 0) is 82.3 Å². The first-order valence-electron chi connectivity index (χ1n) is 12.5. The van der Waals surface area contributed by atoms with Crippen LogP contribution in [0.2, 0.25) is 0 Å². The molecule has 1 N–H and O–H groups in total. The second-order valence-corrected chi connectivity index (χ2v) is 9.65. The van der Waals surface area contributed by atoms with E-state index in [-0.39, 0.29) is 5.56 Å². The molecular weight excluding hydrogens is 478 g/mol. The number of hydrogen-bond acceptors (Lipinski definition) is 5. The fourth-order valence-electron chi connectivity index (χ4n) is 5.67. The highest BCUT2D eigenvalue weighted by Crippen LogP contribution is 2.32. The Bertz CT molecular complexity index is 823. The molecule has 10 heteroatoms. The van der Waals surface area contributed by atoms with Gasteiger partial charge in [-0.25, -0.2) is 4.39 Å². The van der Waals surface area contributed by atoms with Crippen LogP contribution in [-0.4, -0.2) is 74.1 Å². The van der Waals surface area contributed by atoms with Crippen molar-refractivity contribution in [1.82, 2.24) is 15.1 Å². The molecule has 202 valence electrons. The average Bonchev–Trinajstić information content (AvgIpc) is 3.57. The highest BCUT2D eigenvalue weighted by Gasteiger charge is 2.34. The highest BCUT2D eigenvalue weighted by molar-refractivity contribution is 5.94. The van der Waals surface area contributed by atoms with Gasteiger partial charge in [0.05, 0.1) is 5.56 Å². The van der Waals surface area contributed by atoms with Gasteiger partial charge in [-0.1, -0.05) is 12.8 Å². The average molecular weight is 516 g/mol. The molecule has 3 fully saturated rings. The summed E-state index contributed by atoms with van der Waals surface area (Å²) in [4.78, 5) is 33.6. The molecule has 1 atom stereocenters. The smallest absolute Gasteiger partial charge is 0.352 e. The molecule has 4 rings (SSSR count). The Kier molecular flexibility index (Phi) is 12.0. The molecule has 6 nitrogen and oxygen atoms in total. The molecule has 0 bridgehead atoms. The zero-order chi connectivity index (χ0) is 26.7. The van der Waals surface area contributed by atoms with Crippen molar-refractivity contribution in [1.29, 1.82) is 0 Å². The number of nitrogens with one attached hydrogen (secondary N) is 1. The number of carbonyl (C=O) groups excluding carboxylic acids is 3. The number of hydrogen-bond donors (Lipinski definition) is 1. The van der Waals surface area contributed by atoms with Crippen LogP contribution in [0.25, 0.3) is 0 Å². The van der Waals surface area contributed by atoms with Gasteiger partial charge in [-0.2, -0.15) is 13.2 Å². The molecule has 0 unspecified atom stereocenters. The van der Waals surface area contributed by atoms with E-state index in [0.717, 1.165) is 44.6 Å². The summed E-state index contributed by atoms with van der Waals surface area (Å²) in [6.07, 6.45) is 5.19. The summed E-state index contributed by atoms with van der Waals surface area (Å²) < 4.78 is 52.2. The van der Waals surface area contributed by atoms with Crippen molar-refractivity contribution in [3.8, 4) is 0 Å². The Hall–Kier alpha value is -2.33. The van der Waals surface area contributed by atoms with Gasteiger partial charge >= 0.3 is 6.18 Å². The van der Waals surface area contributed by atoms with Crippen molar-refractivity contribution in [2.45, 2.75) is 69.6 Å². The minimum Gasteiger partial charge on any atom is -0.352 e. The predicted octanol–water partition coefficient (Wildman–Crippen LogP) is 4.32.